The zero-order valence-corrected chi connectivity index (χ0v) is 42.3. The number of nitrogens with zero attached hydrogens (tertiary/aromatic N) is 9. The van der Waals surface area contributed by atoms with Crippen molar-refractivity contribution in [3.63, 3.8) is 0 Å². The molecule has 6 fully saturated rings. The second-order valence-electron chi connectivity index (χ2n) is 22.6. The maximum absolute atomic E-state index is 17.3. The van der Waals surface area contributed by atoms with E-state index >= 15 is 8.78 Å². The summed E-state index contributed by atoms with van der Waals surface area (Å²) in [5.74, 6) is 1.87. The molecule has 3 unspecified atom stereocenters. The number of hydrogen-bond acceptors (Lipinski definition) is 13. The van der Waals surface area contributed by atoms with E-state index in [0.29, 0.717) is 65.6 Å². The number of imide groups is 1. The van der Waals surface area contributed by atoms with Gasteiger partial charge in [0.1, 0.15) is 34.6 Å². The summed E-state index contributed by atoms with van der Waals surface area (Å²) in [6.45, 7) is 15.6. The summed E-state index contributed by atoms with van der Waals surface area (Å²) in [6, 6.07) is 11.8. The lowest BCUT2D eigenvalue weighted by atomic mass is 9.95. The van der Waals surface area contributed by atoms with Crippen molar-refractivity contribution in [3.8, 4) is 35.4 Å². The van der Waals surface area contributed by atoms with Gasteiger partial charge in [-0.05, 0) is 104 Å². The zero-order valence-electron chi connectivity index (χ0n) is 42.3. The lowest BCUT2D eigenvalue weighted by Gasteiger charge is -2.42. The smallest absolute Gasteiger partial charge is 0.319 e. The lowest BCUT2D eigenvalue weighted by Crippen LogP contribution is -2.54. The Labute approximate surface area is 430 Å². The molecule has 6 aliphatic heterocycles. The molecular formula is C57H64F2N10O5. The minimum atomic E-state index is -0.722. The molecule has 2 N–H and O–H groups in total. The molecule has 3 aromatic carbocycles. The summed E-state index contributed by atoms with van der Waals surface area (Å²) in [5.41, 5.74) is 2.72. The van der Waals surface area contributed by atoms with Crippen molar-refractivity contribution in [1.29, 1.82) is 0 Å². The number of piperidine rings is 2. The van der Waals surface area contributed by atoms with Crippen LogP contribution >= 0.6 is 0 Å². The number of benzene rings is 3. The number of anilines is 2. The molecule has 5 aromatic rings. The minimum absolute atomic E-state index is 0.0352. The normalized spacial score (nSPS) is 23.5. The van der Waals surface area contributed by atoms with Gasteiger partial charge in [-0.1, -0.05) is 25.8 Å². The van der Waals surface area contributed by atoms with Crippen molar-refractivity contribution in [3.05, 3.63) is 77.0 Å². The van der Waals surface area contributed by atoms with Crippen LogP contribution in [0.4, 0.5) is 20.3 Å². The number of aromatic hydroxyl groups is 1. The fourth-order valence-corrected chi connectivity index (χ4v) is 13.0. The van der Waals surface area contributed by atoms with E-state index in [9.17, 15) is 19.5 Å². The van der Waals surface area contributed by atoms with Gasteiger partial charge >= 0.3 is 6.01 Å². The molecule has 74 heavy (non-hydrogen) atoms. The van der Waals surface area contributed by atoms with Crippen LogP contribution in [0, 0.1) is 41.2 Å². The Morgan fingerprint density at radius 2 is 1.65 bits per heavy atom. The largest absolute Gasteiger partial charge is 0.508 e. The van der Waals surface area contributed by atoms with E-state index in [2.05, 4.69) is 60.6 Å². The average molecular weight is 1010 g/mol. The molecule has 8 heterocycles. The van der Waals surface area contributed by atoms with Gasteiger partial charge in [0, 0.05) is 131 Å². The second kappa shape index (κ2) is 19.3. The number of carbonyl (C=O) groups is 3. The molecule has 5 saturated heterocycles. The van der Waals surface area contributed by atoms with Crippen LogP contribution < -0.4 is 19.9 Å². The van der Waals surface area contributed by atoms with Crippen LogP contribution in [0.1, 0.15) is 86.7 Å². The maximum Gasteiger partial charge on any atom is 0.319 e. The second-order valence-corrected chi connectivity index (χ2v) is 22.6. The molecule has 3 amide bonds. The highest BCUT2D eigenvalue weighted by Crippen LogP contribution is 2.47. The predicted octanol–water partition coefficient (Wildman–Crippen LogP) is 6.57. The molecule has 0 radical (unpaired) electrons. The van der Waals surface area contributed by atoms with Gasteiger partial charge in [0.05, 0.1) is 17.6 Å². The maximum atomic E-state index is 17.3. The number of ether oxygens (including phenoxy) is 1. The Bertz CT molecular complexity index is 3090. The SMILES string of the molecule is C#Cc1c(F)ccc2cc(O)cc(-c3ncc4c(N5CC6CCC(C5)N6CC(C)C)nc(OCC5(CN6CCN(CC7CCN(c8ccc9c(c8)CN(C8CCC(=O)NC8=O)C9=O)CC7)CC6)CC5)nc4c3F)c12. The summed E-state index contributed by atoms with van der Waals surface area (Å²) >= 11 is 0. The van der Waals surface area contributed by atoms with Gasteiger partial charge in [-0.3, -0.25) is 29.6 Å². The highest BCUT2D eigenvalue weighted by molar-refractivity contribution is 6.06. The monoisotopic (exact) mass is 1010 g/mol. The van der Waals surface area contributed by atoms with E-state index in [-0.39, 0.29) is 63.1 Å². The first kappa shape index (κ1) is 48.5. The predicted molar refractivity (Wildman–Crippen MR) is 278 cm³/mol. The molecule has 386 valence electrons. The topological polar surface area (TPSA) is 151 Å². The van der Waals surface area contributed by atoms with Crippen molar-refractivity contribution in [2.24, 2.45) is 17.3 Å². The number of carbonyl (C=O) groups excluding carboxylic acids is 3. The molecule has 1 aliphatic carbocycles. The summed E-state index contributed by atoms with van der Waals surface area (Å²) in [5, 5.41) is 14.4. The number of pyridine rings is 1. The molecule has 1 saturated carbocycles. The zero-order chi connectivity index (χ0) is 51.0. The Morgan fingerprint density at radius 1 is 0.892 bits per heavy atom. The molecule has 3 atom stereocenters. The summed E-state index contributed by atoms with van der Waals surface area (Å²) in [4.78, 5) is 66.0. The molecule has 12 rings (SSSR count). The van der Waals surface area contributed by atoms with Crippen molar-refractivity contribution >= 4 is 50.9 Å². The van der Waals surface area contributed by atoms with Crippen LogP contribution in [-0.2, 0) is 16.1 Å². The van der Waals surface area contributed by atoms with Crippen molar-refractivity contribution in [2.45, 2.75) is 89.9 Å². The Morgan fingerprint density at radius 3 is 2.36 bits per heavy atom. The van der Waals surface area contributed by atoms with Gasteiger partial charge in [0.2, 0.25) is 11.8 Å². The quantitative estimate of drug-likeness (QED) is 0.0968. The van der Waals surface area contributed by atoms with Crippen LogP contribution in [0.25, 0.3) is 32.9 Å². The fourth-order valence-electron chi connectivity index (χ4n) is 13.0. The number of piperazine rings is 2. The van der Waals surface area contributed by atoms with Gasteiger partial charge in [0.25, 0.3) is 5.91 Å². The van der Waals surface area contributed by atoms with E-state index < -0.39 is 23.6 Å². The number of nitrogens with one attached hydrogen (secondary N) is 1. The third-order valence-corrected chi connectivity index (χ3v) is 17.1. The number of fused-ring (bicyclic) bond motifs is 5. The number of phenolic OH excluding ortho intramolecular Hbond substituents is 1. The lowest BCUT2D eigenvalue weighted by molar-refractivity contribution is -0.136. The number of aromatic nitrogens is 3. The first-order valence-corrected chi connectivity index (χ1v) is 26.7. The first-order chi connectivity index (χ1) is 35.8. The summed E-state index contributed by atoms with van der Waals surface area (Å²) < 4.78 is 39.1. The van der Waals surface area contributed by atoms with Crippen molar-refractivity contribution < 1.29 is 33.0 Å². The van der Waals surface area contributed by atoms with Crippen LogP contribution in [0.5, 0.6) is 11.8 Å². The number of phenols is 1. The number of rotatable bonds is 13. The third kappa shape index (κ3) is 9.16. The first-order valence-electron chi connectivity index (χ1n) is 26.7. The molecule has 7 aliphatic rings. The molecule has 2 bridgehead atoms. The average Bonchev–Trinajstić information content (AvgIpc) is 4.03. The van der Waals surface area contributed by atoms with Crippen LogP contribution in [0.2, 0.25) is 0 Å². The molecule has 2 aromatic heterocycles. The van der Waals surface area contributed by atoms with E-state index in [4.69, 9.17) is 21.1 Å². The van der Waals surface area contributed by atoms with Gasteiger partial charge in [-0.25, -0.2) is 8.78 Å². The molecule has 15 nitrogen and oxygen atoms in total. The molecular weight excluding hydrogens is 943 g/mol. The van der Waals surface area contributed by atoms with Gasteiger partial charge in [-0.15, -0.1) is 6.42 Å². The Kier molecular flexibility index (Phi) is 12.7. The highest BCUT2D eigenvalue weighted by atomic mass is 19.1. The number of amides is 3. The van der Waals surface area contributed by atoms with E-state index in [0.717, 1.165) is 122 Å². The van der Waals surface area contributed by atoms with Crippen LogP contribution in [0.15, 0.2) is 48.7 Å². The highest BCUT2D eigenvalue weighted by Gasteiger charge is 2.46. The number of hydrogen-bond donors (Lipinski definition) is 2. The fraction of sp³-hybridized carbons (Fsp3) is 0.509. The molecule has 17 heteroatoms. The van der Waals surface area contributed by atoms with Crippen LogP contribution in [0.3, 0.4) is 0 Å². The molecule has 0 spiro atoms. The van der Waals surface area contributed by atoms with Gasteiger partial charge < -0.3 is 34.3 Å². The standard InChI is InChI=1S/C57H64F2N10O5/c1-4-42-46(58)10-5-36-24-41(70)25-44(49(36)42)51-50(59)52-45(26-60-51)53(67-30-39-6-7-40(31-67)68(39)27-34(2)3)63-56(62-52)74-33-57(15-16-57)32-65-21-19-64(20-22-65)28-35-13-17-66(18-14-35)38-8-9-43-37(23-38)29-69(55(43)73)47-11-12-48(71)61-54(47)72/h1,5,8-10,23-26,34-35,39-40,47,70H,6-7,11-22,27-33H2,2-3H3,(H,61,71,72). The van der Waals surface area contributed by atoms with Crippen LogP contribution in [-0.4, -0.2) is 154 Å². The van der Waals surface area contributed by atoms with E-state index in [1.54, 1.807) is 11.1 Å². The van der Waals surface area contributed by atoms with Gasteiger partial charge in [-0.2, -0.15) is 9.97 Å². The van der Waals surface area contributed by atoms with E-state index in [1.807, 2.05) is 12.1 Å². The van der Waals surface area contributed by atoms with Crippen molar-refractivity contribution in [1.82, 2.24) is 39.9 Å². The Balaban J connectivity index is 0.697. The Hall–Kier alpha value is -6.48. The van der Waals surface area contributed by atoms with E-state index in [1.165, 1.54) is 24.3 Å². The summed E-state index contributed by atoms with van der Waals surface area (Å²) in [7, 11) is 0. The minimum Gasteiger partial charge on any atom is -0.508 e. The number of halogens is 2. The third-order valence-electron chi connectivity index (χ3n) is 17.1. The van der Waals surface area contributed by atoms with Crippen molar-refractivity contribution in [2.75, 3.05) is 88.4 Å². The van der Waals surface area contributed by atoms with Gasteiger partial charge in [0.15, 0.2) is 5.82 Å². The number of terminal acetylenes is 1. The summed E-state index contributed by atoms with van der Waals surface area (Å²) in [6.07, 6.45) is 14.4.